The van der Waals surface area contributed by atoms with Crippen LogP contribution in [-0.4, -0.2) is 55.6 Å². The maximum absolute atomic E-state index is 5.18. The highest BCUT2D eigenvalue weighted by atomic mass is 32.1. The lowest BCUT2D eigenvalue weighted by atomic mass is 9.92. The molecule has 2 aliphatic heterocycles. The van der Waals surface area contributed by atoms with Crippen molar-refractivity contribution in [1.82, 2.24) is 9.21 Å². The summed E-state index contributed by atoms with van der Waals surface area (Å²) in [4.78, 5) is 2.68. The number of methoxy groups -OCH3 is 1. The lowest BCUT2D eigenvalue weighted by Crippen LogP contribution is -2.40. The van der Waals surface area contributed by atoms with Crippen LogP contribution in [0.15, 0.2) is 0 Å². The molecule has 0 unspecified atom stereocenters. The smallest absolute Gasteiger partial charge is 0.0464 e. The Hall–Kier alpha value is 0.230. The van der Waals surface area contributed by atoms with E-state index >= 15 is 0 Å². The first-order valence-corrected chi connectivity index (χ1v) is 7.83. The summed E-state index contributed by atoms with van der Waals surface area (Å²) in [5.74, 6) is 1.81. The fourth-order valence-corrected chi connectivity index (χ4v) is 3.44. The molecule has 106 valence electrons. The molecule has 4 heteroatoms. The fourth-order valence-electron chi connectivity index (χ4n) is 3.21. The van der Waals surface area contributed by atoms with Gasteiger partial charge in [-0.2, -0.15) is 0 Å². The zero-order chi connectivity index (χ0) is 12.8. The normalized spacial score (nSPS) is 25.7. The van der Waals surface area contributed by atoms with E-state index < -0.39 is 0 Å². The van der Waals surface area contributed by atoms with Crippen LogP contribution in [0.4, 0.5) is 0 Å². The minimum absolute atomic E-state index is 0.903. The Labute approximate surface area is 117 Å². The standard InChI is InChI=1S/C14H28N2OS/c1-17-11-6-13-2-7-15(8-3-13)12-14-4-9-16(18)10-5-14/h13-14,18H,2-12H2,1H3. The van der Waals surface area contributed by atoms with Crippen LogP contribution < -0.4 is 0 Å². The van der Waals surface area contributed by atoms with E-state index in [1.54, 1.807) is 0 Å². The van der Waals surface area contributed by atoms with Gasteiger partial charge in [0.25, 0.3) is 0 Å². The van der Waals surface area contributed by atoms with Crippen LogP contribution in [0.2, 0.25) is 0 Å². The summed E-state index contributed by atoms with van der Waals surface area (Å²) in [6.07, 6.45) is 6.64. The van der Waals surface area contributed by atoms with Crippen molar-refractivity contribution < 1.29 is 4.74 Å². The van der Waals surface area contributed by atoms with Crippen LogP contribution in [0.3, 0.4) is 0 Å². The van der Waals surface area contributed by atoms with Crippen LogP contribution in [0, 0.1) is 11.8 Å². The minimum Gasteiger partial charge on any atom is -0.385 e. The van der Waals surface area contributed by atoms with Gasteiger partial charge < -0.3 is 9.64 Å². The third-order valence-corrected chi connectivity index (χ3v) is 4.94. The minimum atomic E-state index is 0.903. The van der Waals surface area contributed by atoms with Crippen molar-refractivity contribution in [1.29, 1.82) is 0 Å². The number of thiol groups is 1. The van der Waals surface area contributed by atoms with E-state index in [0.717, 1.165) is 31.5 Å². The molecule has 3 nitrogen and oxygen atoms in total. The number of nitrogens with zero attached hydrogens (tertiary/aromatic N) is 2. The summed E-state index contributed by atoms with van der Waals surface area (Å²) in [7, 11) is 1.81. The predicted molar refractivity (Wildman–Crippen MR) is 78.9 cm³/mol. The monoisotopic (exact) mass is 272 g/mol. The molecule has 2 rings (SSSR count). The molecule has 0 amide bonds. The van der Waals surface area contributed by atoms with Crippen molar-refractivity contribution in [3.8, 4) is 0 Å². The van der Waals surface area contributed by atoms with Gasteiger partial charge in [0.05, 0.1) is 0 Å². The van der Waals surface area contributed by atoms with E-state index in [1.165, 1.54) is 51.7 Å². The molecular formula is C14H28N2OS. The Kier molecular flexibility index (Phi) is 6.29. The van der Waals surface area contributed by atoms with E-state index in [2.05, 4.69) is 22.0 Å². The molecule has 0 saturated carbocycles. The highest BCUT2D eigenvalue weighted by Gasteiger charge is 2.23. The first-order valence-electron chi connectivity index (χ1n) is 7.43. The summed E-state index contributed by atoms with van der Waals surface area (Å²) < 4.78 is 7.34. The molecule has 2 fully saturated rings. The summed E-state index contributed by atoms with van der Waals surface area (Å²) in [5.41, 5.74) is 0. The maximum Gasteiger partial charge on any atom is 0.0464 e. The zero-order valence-electron chi connectivity index (χ0n) is 11.7. The second-order valence-electron chi connectivity index (χ2n) is 5.92. The SMILES string of the molecule is COCCC1CCN(CC2CCN(S)CC2)CC1. The number of ether oxygens (including phenoxy) is 1. The summed E-state index contributed by atoms with van der Waals surface area (Å²) in [6, 6.07) is 0. The Bertz CT molecular complexity index is 224. The van der Waals surface area contributed by atoms with Crippen LogP contribution >= 0.6 is 12.8 Å². The third kappa shape index (κ3) is 4.72. The predicted octanol–water partition coefficient (Wildman–Crippen LogP) is 2.29. The van der Waals surface area contributed by atoms with Crippen molar-refractivity contribution in [2.24, 2.45) is 11.8 Å². The molecule has 0 aromatic heterocycles. The molecule has 0 atom stereocenters. The number of hydrogen-bond acceptors (Lipinski definition) is 4. The first kappa shape index (κ1) is 14.6. The number of piperidine rings is 2. The number of hydrogen-bond donors (Lipinski definition) is 1. The second kappa shape index (κ2) is 7.73. The van der Waals surface area contributed by atoms with Crippen molar-refractivity contribution >= 4 is 12.8 Å². The molecule has 2 aliphatic rings. The molecule has 0 aromatic carbocycles. The fraction of sp³-hybridized carbons (Fsp3) is 1.00. The summed E-state index contributed by atoms with van der Waals surface area (Å²) in [6.45, 7) is 7.19. The van der Waals surface area contributed by atoms with Crippen LogP contribution in [-0.2, 0) is 4.74 Å². The quantitative estimate of drug-likeness (QED) is 0.773. The van der Waals surface area contributed by atoms with Crippen LogP contribution in [0.1, 0.15) is 32.1 Å². The molecule has 0 aromatic rings. The molecule has 18 heavy (non-hydrogen) atoms. The number of likely N-dealkylation sites (tertiary alicyclic amines) is 1. The lowest BCUT2D eigenvalue weighted by Gasteiger charge is -2.36. The van der Waals surface area contributed by atoms with E-state index in [4.69, 9.17) is 4.74 Å². The highest BCUT2D eigenvalue weighted by molar-refractivity contribution is 7.77. The molecule has 0 bridgehead atoms. The van der Waals surface area contributed by atoms with Crippen molar-refractivity contribution in [2.45, 2.75) is 32.1 Å². The average molecular weight is 272 g/mol. The molecule has 2 saturated heterocycles. The molecule has 0 spiro atoms. The first-order chi connectivity index (χ1) is 8.78. The van der Waals surface area contributed by atoms with Gasteiger partial charge in [0.15, 0.2) is 0 Å². The second-order valence-corrected chi connectivity index (χ2v) is 6.49. The van der Waals surface area contributed by atoms with Gasteiger partial charge in [-0.15, -0.1) is 0 Å². The Balaban J connectivity index is 1.61. The van der Waals surface area contributed by atoms with Gasteiger partial charge in [-0.25, -0.2) is 0 Å². The highest BCUT2D eigenvalue weighted by Crippen LogP contribution is 2.24. The third-order valence-electron chi connectivity index (χ3n) is 4.54. The van der Waals surface area contributed by atoms with Crippen LogP contribution in [0.25, 0.3) is 0 Å². The van der Waals surface area contributed by atoms with Gasteiger partial charge in [0, 0.05) is 33.4 Å². The van der Waals surface area contributed by atoms with Gasteiger partial charge in [0.2, 0.25) is 0 Å². The van der Waals surface area contributed by atoms with Gasteiger partial charge in [-0.05, 0) is 57.0 Å². The Morgan fingerprint density at radius 1 is 1.00 bits per heavy atom. The average Bonchev–Trinajstić information content (AvgIpc) is 2.41. The van der Waals surface area contributed by atoms with Crippen molar-refractivity contribution in [3.63, 3.8) is 0 Å². The largest absolute Gasteiger partial charge is 0.385 e. The van der Waals surface area contributed by atoms with E-state index in [1.807, 2.05) is 7.11 Å². The number of rotatable bonds is 5. The van der Waals surface area contributed by atoms with Gasteiger partial charge in [-0.1, -0.05) is 12.8 Å². The Morgan fingerprint density at radius 3 is 2.22 bits per heavy atom. The van der Waals surface area contributed by atoms with E-state index in [9.17, 15) is 0 Å². The topological polar surface area (TPSA) is 15.7 Å². The maximum atomic E-state index is 5.18. The summed E-state index contributed by atoms with van der Waals surface area (Å²) >= 11 is 4.42. The van der Waals surface area contributed by atoms with E-state index in [0.29, 0.717) is 0 Å². The molecule has 0 aliphatic carbocycles. The molecule has 2 heterocycles. The van der Waals surface area contributed by atoms with Crippen LogP contribution in [0.5, 0.6) is 0 Å². The summed E-state index contributed by atoms with van der Waals surface area (Å²) in [5, 5.41) is 0. The van der Waals surface area contributed by atoms with Gasteiger partial charge in [0.1, 0.15) is 0 Å². The zero-order valence-corrected chi connectivity index (χ0v) is 12.6. The van der Waals surface area contributed by atoms with E-state index in [-0.39, 0.29) is 0 Å². The van der Waals surface area contributed by atoms with Crippen molar-refractivity contribution in [2.75, 3.05) is 46.4 Å². The molecule has 0 radical (unpaired) electrons. The molecule has 0 N–H and O–H groups in total. The lowest BCUT2D eigenvalue weighted by molar-refractivity contribution is 0.116. The van der Waals surface area contributed by atoms with Crippen molar-refractivity contribution in [3.05, 3.63) is 0 Å². The van der Waals surface area contributed by atoms with Gasteiger partial charge in [-0.3, -0.25) is 4.31 Å². The molecular weight excluding hydrogens is 244 g/mol. The van der Waals surface area contributed by atoms with Gasteiger partial charge >= 0.3 is 0 Å². The Morgan fingerprint density at radius 2 is 1.61 bits per heavy atom.